The van der Waals surface area contributed by atoms with Gasteiger partial charge in [0.15, 0.2) is 0 Å². The van der Waals surface area contributed by atoms with E-state index in [1.807, 2.05) is 0 Å². The van der Waals surface area contributed by atoms with Crippen molar-refractivity contribution in [2.24, 2.45) is 0 Å². The van der Waals surface area contributed by atoms with Crippen molar-refractivity contribution < 1.29 is 13.9 Å². The summed E-state index contributed by atoms with van der Waals surface area (Å²) in [5.74, 6) is -0.549. The quantitative estimate of drug-likeness (QED) is 0.780. The molecule has 0 unspecified atom stereocenters. The van der Waals surface area contributed by atoms with Crippen molar-refractivity contribution in [1.29, 1.82) is 0 Å². The summed E-state index contributed by atoms with van der Waals surface area (Å²) in [6.45, 7) is 3.81. The smallest absolute Gasteiger partial charge is 0.328 e. The minimum atomic E-state index is -0.453. The van der Waals surface area contributed by atoms with E-state index in [1.165, 1.54) is 0 Å². The van der Waals surface area contributed by atoms with Gasteiger partial charge in [0.1, 0.15) is 11.9 Å². The number of esters is 1. The van der Waals surface area contributed by atoms with Gasteiger partial charge < -0.3 is 10.1 Å². The molecule has 16 heavy (non-hydrogen) atoms. The Kier molecular flexibility index (Phi) is 2.81. The first kappa shape index (κ1) is 10.9. The van der Waals surface area contributed by atoms with E-state index in [2.05, 4.69) is 5.32 Å². The molecule has 0 aliphatic carbocycles. The highest BCUT2D eigenvalue weighted by Crippen LogP contribution is 2.30. The molecule has 4 heteroatoms. The van der Waals surface area contributed by atoms with Crippen LogP contribution in [0.5, 0.6) is 0 Å². The Morgan fingerprint density at radius 2 is 2.38 bits per heavy atom. The van der Waals surface area contributed by atoms with Gasteiger partial charge >= 0.3 is 5.97 Å². The lowest BCUT2D eigenvalue weighted by Crippen LogP contribution is -2.29. The largest absolute Gasteiger partial charge is 0.464 e. The molecule has 0 radical (unpaired) electrons. The van der Waals surface area contributed by atoms with Crippen molar-refractivity contribution in [3.05, 3.63) is 29.1 Å². The molecule has 2 rings (SSSR count). The monoisotopic (exact) mass is 223 g/mol. The fraction of sp³-hybridized carbons (Fsp3) is 0.417. The van der Waals surface area contributed by atoms with E-state index in [9.17, 15) is 9.18 Å². The standard InChI is InChI=1S/C12H14FNO2/c1-3-16-12(15)10-6-8-9(14-10)5-4-7(2)11(8)13/h4-5,10,14H,3,6H2,1-2H3/t10-/m1/s1. The Morgan fingerprint density at radius 3 is 3.06 bits per heavy atom. The van der Waals surface area contributed by atoms with Crippen molar-refractivity contribution >= 4 is 11.7 Å². The number of ether oxygens (including phenoxy) is 1. The maximum Gasteiger partial charge on any atom is 0.328 e. The average molecular weight is 223 g/mol. The molecule has 1 aromatic carbocycles. The topological polar surface area (TPSA) is 38.3 Å². The van der Waals surface area contributed by atoms with Crippen LogP contribution in [-0.2, 0) is 16.0 Å². The number of anilines is 1. The van der Waals surface area contributed by atoms with Crippen LogP contribution < -0.4 is 5.32 Å². The zero-order valence-electron chi connectivity index (χ0n) is 9.34. The van der Waals surface area contributed by atoms with Gasteiger partial charge in [-0.2, -0.15) is 0 Å². The molecular formula is C12H14FNO2. The summed E-state index contributed by atoms with van der Waals surface area (Å²) in [5.41, 5.74) is 1.88. The second kappa shape index (κ2) is 4.12. The fourth-order valence-corrected chi connectivity index (χ4v) is 1.90. The van der Waals surface area contributed by atoms with Crippen molar-refractivity contribution in [2.75, 3.05) is 11.9 Å². The van der Waals surface area contributed by atoms with Crippen molar-refractivity contribution in [1.82, 2.24) is 0 Å². The zero-order valence-corrected chi connectivity index (χ0v) is 9.34. The summed E-state index contributed by atoms with van der Waals surface area (Å²) in [5, 5.41) is 2.97. The van der Waals surface area contributed by atoms with Gasteiger partial charge in [0.2, 0.25) is 0 Å². The van der Waals surface area contributed by atoms with Gasteiger partial charge in [-0.05, 0) is 25.5 Å². The van der Waals surface area contributed by atoms with Gasteiger partial charge in [-0.15, -0.1) is 0 Å². The first-order chi connectivity index (χ1) is 7.63. The third kappa shape index (κ3) is 1.75. The van der Waals surface area contributed by atoms with Crippen LogP contribution in [0.15, 0.2) is 12.1 Å². The van der Waals surface area contributed by atoms with Crippen LogP contribution >= 0.6 is 0 Å². The third-order valence-corrected chi connectivity index (χ3v) is 2.75. The first-order valence-corrected chi connectivity index (χ1v) is 5.34. The van der Waals surface area contributed by atoms with Crippen LogP contribution in [0.25, 0.3) is 0 Å². The fourth-order valence-electron chi connectivity index (χ4n) is 1.90. The molecular weight excluding hydrogens is 209 g/mol. The molecule has 0 saturated heterocycles. The number of benzene rings is 1. The summed E-state index contributed by atoms with van der Waals surface area (Å²) >= 11 is 0. The van der Waals surface area contributed by atoms with E-state index >= 15 is 0 Å². The normalized spacial score (nSPS) is 17.8. The van der Waals surface area contributed by atoms with Crippen LogP contribution in [-0.4, -0.2) is 18.6 Å². The van der Waals surface area contributed by atoms with Gasteiger partial charge in [-0.1, -0.05) is 6.07 Å². The summed E-state index contributed by atoms with van der Waals surface area (Å²) in [6.07, 6.45) is 0.363. The number of nitrogens with one attached hydrogen (secondary N) is 1. The van der Waals surface area contributed by atoms with E-state index < -0.39 is 6.04 Å². The van der Waals surface area contributed by atoms with E-state index in [1.54, 1.807) is 26.0 Å². The summed E-state index contributed by atoms with van der Waals surface area (Å²) in [7, 11) is 0. The Balaban J connectivity index is 2.21. The molecule has 3 nitrogen and oxygen atoms in total. The highest BCUT2D eigenvalue weighted by Gasteiger charge is 2.30. The van der Waals surface area contributed by atoms with Crippen molar-refractivity contribution in [3.63, 3.8) is 0 Å². The van der Waals surface area contributed by atoms with Crippen LogP contribution in [0.4, 0.5) is 10.1 Å². The molecule has 0 spiro atoms. The number of aryl methyl sites for hydroxylation is 1. The Morgan fingerprint density at radius 1 is 1.62 bits per heavy atom. The summed E-state index contributed by atoms with van der Waals surface area (Å²) < 4.78 is 18.6. The minimum absolute atomic E-state index is 0.225. The Labute approximate surface area is 93.6 Å². The van der Waals surface area contributed by atoms with E-state index in [4.69, 9.17) is 4.74 Å². The lowest BCUT2D eigenvalue weighted by molar-refractivity contribution is -0.143. The summed E-state index contributed by atoms with van der Waals surface area (Å²) in [4.78, 5) is 11.5. The molecule has 0 aromatic heterocycles. The van der Waals surface area contributed by atoms with Gasteiger partial charge in [0, 0.05) is 17.7 Å². The number of carbonyl (C=O) groups excluding carboxylic acids is 1. The zero-order chi connectivity index (χ0) is 11.7. The van der Waals surface area contributed by atoms with Gasteiger partial charge in [0.05, 0.1) is 6.61 Å². The number of halogens is 1. The Bertz CT molecular complexity index is 431. The lowest BCUT2D eigenvalue weighted by atomic mass is 10.1. The second-order valence-corrected chi connectivity index (χ2v) is 3.88. The van der Waals surface area contributed by atoms with Crippen LogP contribution in [0.3, 0.4) is 0 Å². The van der Waals surface area contributed by atoms with E-state index in [-0.39, 0.29) is 11.8 Å². The highest BCUT2D eigenvalue weighted by molar-refractivity contribution is 5.83. The van der Waals surface area contributed by atoms with Crippen LogP contribution in [0.1, 0.15) is 18.1 Å². The molecule has 0 amide bonds. The molecule has 1 aromatic rings. The molecule has 1 aliphatic heterocycles. The predicted octanol–water partition coefficient (Wildman–Crippen LogP) is 2.03. The number of carbonyl (C=O) groups is 1. The maximum absolute atomic E-state index is 13.7. The van der Waals surface area contributed by atoms with E-state index in [0.29, 0.717) is 29.8 Å². The molecule has 0 bridgehead atoms. The third-order valence-electron chi connectivity index (χ3n) is 2.75. The molecule has 1 aliphatic rings. The molecule has 1 N–H and O–H groups in total. The number of hydrogen-bond acceptors (Lipinski definition) is 3. The first-order valence-electron chi connectivity index (χ1n) is 5.34. The molecule has 0 saturated carbocycles. The number of rotatable bonds is 2. The average Bonchev–Trinajstić information content (AvgIpc) is 2.69. The summed E-state index contributed by atoms with van der Waals surface area (Å²) in [6, 6.07) is 3.05. The van der Waals surface area contributed by atoms with Gasteiger partial charge in [-0.3, -0.25) is 0 Å². The van der Waals surface area contributed by atoms with Crippen molar-refractivity contribution in [2.45, 2.75) is 26.3 Å². The van der Waals surface area contributed by atoms with Crippen LogP contribution in [0, 0.1) is 12.7 Å². The van der Waals surface area contributed by atoms with Gasteiger partial charge in [0.25, 0.3) is 0 Å². The maximum atomic E-state index is 13.7. The molecule has 0 fully saturated rings. The SMILES string of the molecule is CCOC(=O)[C@H]1Cc2c(ccc(C)c2F)N1. The minimum Gasteiger partial charge on any atom is -0.464 e. The molecule has 1 heterocycles. The van der Waals surface area contributed by atoms with Crippen LogP contribution in [0.2, 0.25) is 0 Å². The Hall–Kier alpha value is -1.58. The second-order valence-electron chi connectivity index (χ2n) is 3.88. The van der Waals surface area contributed by atoms with Crippen molar-refractivity contribution in [3.8, 4) is 0 Å². The van der Waals surface area contributed by atoms with E-state index in [0.717, 1.165) is 0 Å². The predicted molar refractivity (Wildman–Crippen MR) is 58.9 cm³/mol. The molecule has 1 atom stereocenters. The number of fused-ring (bicyclic) bond motifs is 1. The van der Waals surface area contributed by atoms with Gasteiger partial charge in [-0.25, -0.2) is 9.18 Å². The highest BCUT2D eigenvalue weighted by atomic mass is 19.1. The number of hydrogen-bond donors (Lipinski definition) is 1. The molecule has 86 valence electrons. The lowest BCUT2D eigenvalue weighted by Gasteiger charge is -2.09.